The van der Waals surface area contributed by atoms with Gasteiger partial charge in [0.1, 0.15) is 22.7 Å². The van der Waals surface area contributed by atoms with Gasteiger partial charge in [0.05, 0.1) is 18.5 Å². The predicted molar refractivity (Wildman–Crippen MR) is 125 cm³/mol. The van der Waals surface area contributed by atoms with Crippen molar-refractivity contribution in [2.45, 2.75) is 45.1 Å². The highest BCUT2D eigenvalue weighted by Gasteiger charge is 2.39. The Kier molecular flexibility index (Phi) is 5.99. The van der Waals surface area contributed by atoms with E-state index in [0.29, 0.717) is 30.7 Å². The molecule has 8 heteroatoms. The largest absolute Gasteiger partial charge is 0.494 e. The van der Waals surface area contributed by atoms with Gasteiger partial charge in [-0.25, -0.2) is 14.7 Å². The third kappa shape index (κ3) is 4.50. The van der Waals surface area contributed by atoms with Crippen molar-refractivity contribution in [3.8, 4) is 5.75 Å². The number of nitrogens with zero attached hydrogens (tertiary/aromatic N) is 2. The van der Waals surface area contributed by atoms with Gasteiger partial charge in [-0.1, -0.05) is 34.1 Å². The molecule has 2 amide bonds. The highest BCUT2D eigenvalue weighted by molar-refractivity contribution is 9.10. The molecule has 1 N–H and O–H groups in total. The van der Waals surface area contributed by atoms with Gasteiger partial charge >= 0.3 is 6.09 Å². The molecule has 1 aliphatic rings. The Bertz CT molecular complexity index is 1160. The maximum atomic E-state index is 13.1. The van der Waals surface area contributed by atoms with Crippen LogP contribution in [0.3, 0.4) is 0 Å². The number of imide groups is 1. The summed E-state index contributed by atoms with van der Waals surface area (Å²) in [6.07, 6.45) is 0.537. The van der Waals surface area contributed by atoms with E-state index in [4.69, 9.17) is 14.5 Å². The lowest BCUT2D eigenvalue weighted by Crippen LogP contribution is -2.38. The quantitative estimate of drug-likeness (QED) is 0.534. The number of fused-ring (bicyclic) bond motifs is 1. The maximum absolute atomic E-state index is 13.1. The topological polar surface area (TPSA) is 84.5 Å². The zero-order valence-corrected chi connectivity index (χ0v) is 20.2. The Hall–Kier alpha value is -2.87. The number of H-pyrrole nitrogens is 1. The lowest BCUT2D eigenvalue weighted by Gasteiger charge is -2.23. The molecule has 1 saturated heterocycles. The number of benzene rings is 2. The fraction of sp³-hybridized carbons (Fsp3) is 0.375. The number of aromatic nitrogens is 2. The first-order valence-electron chi connectivity index (χ1n) is 10.5. The van der Waals surface area contributed by atoms with E-state index in [0.717, 1.165) is 26.9 Å². The number of hydrogen-bond acceptors (Lipinski definition) is 5. The van der Waals surface area contributed by atoms with E-state index in [1.807, 2.05) is 36.4 Å². The van der Waals surface area contributed by atoms with E-state index in [2.05, 4.69) is 20.9 Å². The van der Waals surface area contributed by atoms with Crippen LogP contribution in [0.5, 0.6) is 5.75 Å². The Morgan fingerprint density at radius 3 is 2.59 bits per heavy atom. The van der Waals surface area contributed by atoms with Crippen LogP contribution in [-0.2, 0) is 16.0 Å². The van der Waals surface area contributed by atoms with Crippen molar-refractivity contribution in [3.63, 3.8) is 0 Å². The summed E-state index contributed by atoms with van der Waals surface area (Å²) >= 11 is 3.45. The van der Waals surface area contributed by atoms with Crippen LogP contribution in [0, 0.1) is 0 Å². The number of carbonyl (C=O) groups is 2. The summed E-state index contributed by atoms with van der Waals surface area (Å²) in [5.41, 5.74) is 2.69. The highest BCUT2D eigenvalue weighted by Crippen LogP contribution is 2.36. The van der Waals surface area contributed by atoms with Crippen molar-refractivity contribution in [1.82, 2.24) is 14.9 Å². The van der Waals surface area contributed by atoms with Gasteiger partial charge in [0.25, 0.3) is 0 Å². The molecule has 7 nitrogen and oxygen atoms in total. The van der Waals surface area contributed by atoms with Gasteiger partial charge < -0.3 is 14.5 Å². The fourth-order valence-corrected chi connectivity index (χ4v) is 4.20. The van der Waals surface area contributed by atoms with Crippen LogP contribution in [-0.4, -0.2) is 46.1 Å². The first-order chi connectivity index (χ1) is 15.2. The van der Waals surface area contributed by atoms with Crippen molar-refractivity contribution in [2.24, 2.45) is 0 Å². The monoisotopic (exact) mass is 499 g/mol. The number of amides is 2. The SMILES string of the molecule is COc1ccc(C2CCN(C(=O)OC(C)(C)C)C2=O)c2nc(Cc3ccc(Br)cc3)[nH]c12. The molecule has 2 heterocycles. The highest BCUT2D eigenvalue weighted by atomic mass is 79.9. The summed E-state index contributed by atoms with van der Waals surface area (Å²) in [4.78, 5) is 35.0. The summed E-state index contributed by atoms with van der Waals surface area (Å²) in [5, 5.41) is 0. The average Bonchev–Trinajstić information content (AvgIpc) is 3.31. The molecule has 0 radical (unpaired) electrons. The summed E-state index contributed by atoms with van der Waals surface area (Å²) in [6, 6.07) is 11.8. The maximum Gasteiger partial charge on any atom is 0.417 e. The van der Waals surface area contributed by atoms with Crippen molar-refractivity contribution in [3.05, 3.63) is 57.8 Å². The zero-order chi connectivity index (χ0) is 23.0. The van der Waals surface area contributed by atoms with E-state index < -0.39 is 17.6 Å². The number of aromatic amines is 1. The Morgan fingerprint density at radius 1 is 1.22 bits per heavy atom. The molecule has 0 aliphatic carbocycles. The predicted octanol–water partition coefficient (Wildman–Crippen LogP) is 5.18. The third-order valence-electron chi connectivity index (χ3n) is 5.39. The van der Waals surface area contributed by atoms with Crippen molar-refractivity contribution < 1.29 is 19.1 Å². The number of imidazole rings is 1. The van der Waals surface area contributed by atoms with Crippen LogP contribution in [0.4, 0.5) is 4.79 Å². The molecule has 1 aromatic heterocycles. The summed E-state index contributed by atoms with van der Waals surface area (Å²) < 4.78 is 11.9. The minimum atomic E-state index is -0.660. The van der Waals surface area contributed by atoms with E-state index in [9.17, 15) is 9.59 Å². The number of methoxy groups -OCH3 is 1. The molecule has 4 rings (SSSR count). The van der Waals surface area contributed by atoms with Crippen LogP contribution in [0.1, 0.15) is 50.1 Å². The molecular weight excluding hydrogens is 474 g/mol. The molecule has 3 aromatic rings. The first-order valence-corrected chi connectivity index (χ1v) is 11.3. The number of nitrogens with one attached hydrogen (secondary N) is 1. The van der Waals surface area contributed by atoms with Gasteiger partial charge in [0.15, 0.2) is 0 Å². The molecule has 0 saturated carbocycles. The average molecular weight is 500 g/mol. The summed E-state index contributed by atoms with van der Waals surface area (Å²) in [7, 11) is 1.61. The second kappa shape index (κ2) is 8.58. The van der Waals surface area contributed by atoms with E-state index >= 15 is 0 Å². The smallest absolute Gasteiger partial charge is 0.417 e. The van der Waals surface area contributed by atoms with Gasteiger partial charge in [-0.3, -0.25) is 4.79 Å². The third-order valence-corrected chi connectivity index (χ3v) is 5.92. The van der Waals surface area contributed by atoms with Crippen LogP contribution in [0.2, 0.25) is 0 Å². The van der Waals surface area contributed by atoms with Gasteiger partial charge in [-0.2, -0.15) is 0 Å². The Morgan fingerprint density at radius 2 is 1.94 bits per heavy atom. The molecule has 1 atom stereocenters. The Balaban J connectivity index is 1.65. The number of hydrogen-bond donors (Lipinski definition) is 1. The van der Waals surface area contributed by atoms with E-state index in [1.54, 1.807) is 27.9 Å². The standard InChI is InChI=1S/C24H26BrN3O4/c1-24(2,3)32-23(30)28-12-11-17(22(28)29)16-9-10-18(31-4)21-20(16)26-19(27-21)13-14-5-7-15(25)8-6-14/h5-10,17H,11-13H2,1-4H3,(H,26,27). The molecule has 1 fully saturated rings. The minimum absolute atomic E-state index is 0.261. The number of carbonyl (C=O) groups excluding carboxylic acids is 2. The lowest BCUT2D eigenvalue weighted by atomic mass is 9.96. The lowest BCUT2D eigenvalue weighted by molar-refractivity contribution is -0.128. The molecule has 2 aromatic carbocycles. The number of rotatable bonds is 4. The van der Waals surface area contributed by atoms with Crippen molar-refractivity contribution in [2.75, 3.05) is 13.7 Å². The second-order valence-corrected chi connectivity index (χ2v) is 9.79. The van der Waals surface area contributed by atoms with Gasteiger partial charge in [0, 0.05) is 17.4 Å². The molecule has 0 bridgehead atoms. The molecular formula is C24H26BrN3O4. The van der Waals surface area contributed by atoms with Gasteiger partial charge in [-0.05, 0) is 56.5 Å². The van der Waals surface area contributed by atoms with Crippen LogP contribution >= 0.6 is 15.9 Å². The van der Waals surface area contributed by atoms with Crippen LogP contribution in [0.25, 0.3) is 11.0 Å². The van der Waals surface area contributed by atoms with Crippen molar-refractivity contribution in [1.29, 1.82) is 0 Å². The molecule has 168 valence electrons. The normalized spacial score (nSPS) is 16.6. The first kappa shape index (κ1) is 22.3. The van der Waals surface area contributed by atoms with Crippen LogP contribution < -0.4 is 4.74 Å². The van der Waals surface area contributed by atoms with E-state index in [1.165, 1.54) is 4.90 Å². The molecule has 1 aliphatic heterocycles. The number of likely N-dealkylation sites (tertiary alicyclic amines) is 1. The summed E-state index contributed by atoms with van der Waals surface area (Å²) in [6.45, 7) is 5.67. The van der Waals surface area contributed by atoms with Gasteiger partial charge in [0.2, 0.25) is 5.91 Å². The fourth-order valence-electron chi connectivity index (χ4n) is 3.93. The van der Waals surface area contributed by atoms with Gasteiger partial charge in [-0.15, -0.1) is 0 Å². The Labute approximate surface area is 195 Å². The molecule has 0 spiro atoms. The molecule has 32 heavy (non-hydrogen) atoms. The number of ether oxygens (including phenoxy) is 2. The number of halogens is 1. The van der Waals surface area contributed by atoms with Crippen molar-refractivity contribution >= 4 is 39.0 Å². The zero-order valence-electron chi connectivity index (χ0n) is 18.6. The molecule has 1 unspecified atom stereocenters. The van der Waals surface area contributed by atoms with E-state index in [-0.39, 0.29) is 5.91 Å². The van der Waals surface area contributed by atoms with Crippen LogP contribution in [0.15, 0.2) is 40.9 Å². The minimum Gasteiger partial charge on any atom is -0.494 e. The summed E-state index contributed by atoms with van der Waals surface area (Å²) in [5.74, 6) is 0.721. The second-order valence-electron chi connectivity index (χ2n) is 8.88.